The molecule has 2 bridgehead atoms. The molecule has 2 amide bonds. The molecule has 2 aromatic carbocycles. The van der Waals surface area contributed by atoms with Gasteiger partial charge in [0.1, 0.15) is 12.4 Å². The van der Waals surface area contributed by atoms with Crippen LogP contribution in [0.3, 0.4) is 0 Å². The topological polar surface area (TPSA) is 102 Å². The molecule has 168 valence electrons. The standard InChI is InChI=1S/C23H17ClFN3O5/c24-16-8-15(10-26-27-22(29)19-13-4-5-14(7-13)20(19)23(27)30)21(18(9-16)28(31)32)33-11-12-2-1-3-17(25)6-12/h1-6,8-10,13-14,19-20H,7,11H2/t13-,14-,19-,20+/m0/s1. The van der Waals surface area contributed by atoms with Crippen molar-refractivity contribution >= 4 is 35.3 Å². The SMILES string of the molecule is O=C1[C@@H]2[C@H](C(=O)N1N=Cc1cc(Cl)cc([N+](=O)[O-])c1OCc1cccc(F)c1)[C@H]1C=C[C@H]2C1. The highest BCUT2D eigenvalue weighted by molar-refractivity contribution is 6.31. The molecular formula is C23H17ClFN3O5. The van der Waals surface area contributed by atoms with E-state index in [1.165, 1.54) is 24.3 Å². The van der Waals surface area contributed by atoms with E-state index in [1.54, 1.807) is 6.07 Å². The second-order valence-corrected chi connectivity index (χ2v) is 8.69. The maximum Gasteiger partial charge on any atom is 0.313 e. The Hall–Kier alpha value is -3.59. The van der Waals surface area contributed by atoms with E-state index in [1.807, 2.05) is 12.2 Å². The highest BCUT2D eigenvalue weighted by Crippen LogP contribution is 2.52. The first kappa shape index (κ1) is 21.3. The van der Waals surface area contributed by atoms with Gasteiger partial charge in [0, 0.05) is 16.7 Å². The second-order valence-electron chi connectivity index (χ2n) is 8.25. The van der Waals surface area contributed by atoms with Crippen LogP contribution in [0.5, 0.6) is 5.75 Å². The van der Waals surface area contributed by atoms with Crippen LogP contribution in [0.1, 0.15) is 17.5 Å². The Balaban J connectivity index is 1.45. The predicted octanol–water partition coefficient (Wildman–Crippen LogP) is 4.11. The summed E-state index contributed by atoms with van der Waals surface area (Å²) in [6, 6.07) is 8.14. The number of nitro groups is 1. The number of carbonyl (C=O) groups is 2. The number of carbonyl (C=O) groups excluding carboxylic acids is 2. The number of hydrogen-bond donors (Lipinski definition) is 0. The van der Waals surface area contributed by atoms with E-state index in [0.717, 1.165) is 23.7 Å². The summed E-state index contributed by atoms with van der Waals surface area (Å²) in [6.45, 7) is -0.151. The summed E-state index contributed by atoms with van der Waals surface area (Å²) in [7, 11) is 0. The number of amides is 2. The van der Waals surface area contributed by atoms with Gasteiger partial charge in [0.25, 0.3) is 11.8 Å². The number of ether oxygens (including phenoxy) is 1. The first-order valence-electron chi connectivity index (χ1n) is 10.3. The van der Waals surface area contributed by atoms with Gasteiger partial charge in [-0.05, 0) is 42.0 Å². The van der Waals surface area contributed by atoms with Gasteiger partial charge in [-0.25, -0.2) is 4.39 Å². The van der Waals surface area contributed by atoms with E-state index >= 15 is 0 Å². The van der Waals surface area contributed by atoms with Gasteiger partial charge < -0.3 is 4.74 Å². The van der Waals surface area contributed by atoms with Crippen LogP contribution >= 0.6 is 11.6 Å². The molecule has 2 aliphatic carbocycles. The Bertz CT molecular complexity index is 1220. The zero-order chi connectivity index (χ0) is 23.3. The van der Waals surface area contributed by atoms with Crippen LogP contribution < -0.4 is 4.74 Å². The largest absolute Gasteiger partial charge is 0.481 e. The molecule has 3 aliphatic rings. The van der Waals surface area contributed by atoms with Crippen LogP contribution in [0.15, 0.2) is 53.7 Å². The first-order chi connectivity index (χ1) is 15.8. The summed E-state index contributed by atoms with van der Waals surface area (Å²) in [5.74, 6) is -2.14. The van der Waals surface area contributed by atoms with Crippen molar-refractivity contribution in [3.8, 4) is 5.75 Å². The number of hydrazone groups is 1. The number of fused-ring (bicyclic) bond motifs is 5. The lowest BCUT2D eigenvalue weighted by atomic mass is 9.85. The van der Waals surface area contributed by atoms with Gasteiger partial charge in [-0.15, -0.1) is 0 Å². The number of imide groups is 1. The Labute approximate surface area is 192 Å². The molecule has 0 spiro atoms. The third-order valence-corrected chi connectivity index (χ3v) is 6.51. The van der Waals surface area contributed by atoms with Crippen molar-refractivity contribution in [3.05, 3.63) is 80.6 Å². The van der Waals surface area contributed by atoms with Crippen LogP contribution in [0.4, 0.5) is 10.1 Å². The summed E-state index contributed by atoms with van der Waals surface area (Å²) in [5.41, 5.74) is 0.158. The summed E-state index contributed by atoms with van der Waals surface area (Å²) in [4.78, 5) is 36.6. The molecule has 1 saturated carbocycles. The Morgan fingerprint density at radius 2 is 1.88 bits per heavy atom. The monoisotopic (exact) mass is 469 g/mol. The van der Waals surface area contributed by atoms with Crippen molar-refractivity contribution in [2.75, 3.05) is 0 Å². The number of rotatable bonds is 6. The summed E-state index contributed by atoms with van der Waals surface area (Å²) in [6.07, 6.45) is 5.90. The van der Waals surface area contributed by atoms with Gasteiger partial charge in [0.15, 0.2) is 0 Å². The molecule has 8 nitrogen and oxygen atoms in total. The molecule has 5 rings (SSSR count). The van der Waals surface area contributed by atoms with E-state index in [2.05, 4.69) is 5.10 Å². The molecule has 1 aliphatic heterocycles. The van der Waals surface area contributed by atoms with Gasteiger partial charge in [-0.2, -0.15) is 10.1 Å². The normalized spacial score (nSPS) is 25.3. The van der Waals surface area contributed by atoms with E-state index in [0.29, 0.717) is 5.56 Å². The minimum atomic E-state index is -0.663. The van der Waals surface area contributed by atoms with Crippen LogP contribution in [0.25, 0.3) is 0 Å². The minimum absolute atomic E-state index is 0.0362. The molecule has 0 unspecified atom stereocenters. The van der Waals surface area contributed by atoms with Crippen molar-refractivity contribution in [2.24, 2.45) is 28.8 Å². The zero-order valence-corrected chi connectivity index (χ0v) is 17.8. The number of halogens is 2. The summed E-state index contributed by atoms with van der Waals surface area (Å²) < 4.78 is 19.1. The van der Waals surface area contributed by atoms with E-state index in [4.69, 9.17) is 16.3 Å². The quantitative estimate of drug-likeness (QED) is 0.208. The van der Waals surface area contributed by atoms with Gasteiger partial charge in [0.05, 0.1) is 23.0 Å². The van der Waals surface area contributed by atoms with Crippen LogP contribution in [-0.2, 0) is 16.2 Å². The van der Waals surface area contributed by atoms with E-state index in [9.17, 15) is 24.1 Å². The summed E-state index contributed by atoms with van der Waals surface area (Å²) >= 11 is 6.05. The van der Waals surface area contributed by atoms with Crippen LogP contribution in [0.2, 0.25) is 5.02 Å². The van der Waals surface area contributed by atoms with Crippen molar-refractivity contribution < 1.29 is 23.6 Å². The lowest BCUT2D eigenvalue weighted by molar-refractivity contribution is -0.385. The fourth-order valence-electron chi connectivity index (χ4n) is 4.89. The average molecular weight is 470 g/mol. The molecule has 2 fully saturated rings. The minimum Gasteiger partial charge on any atom is -0.481 e. The lowest BCUT2D eigenvalue weighted by Crippen LogP contribution is -2.28. The van der Waals surface area contributed by atoms with Crippen molar-refractivity contribution in [1.29, 1.82) is 0 Å². The van der Waals surface area contributed by atoms with Crippen molar-refractivity contribution in [3.63, 3.8) is 0 Å². The Kier molecular flexibility index (Phi) is 5.20. The van der Waals surface area contributed by atoms with Crippen LogP contribution in [0, 0.1) is 39.6 Å². The second kappa shape index (κ2) is 8.08. The Morgan fingerprint density at radius 1 is 1.18 bits per heavy atom. The highest BCUT2D eigenvalue weighted by atomic mass is 35.5. The molecule has 2 aromatic rings. The summed E-state index contributed by atoms with van der Waals surface area (Å²) in [5, 5.41) is 16.6. The molecule has 33 heavy (non-hydrogen) atoms. The molecule has 10 heteroatoms. The number of nitro benzene ring substituents is 1. The van der Waals surface area contributed by atoms with E-state index < -0.39 is 28.3 Å². The number of allylic oxidation sites excluding steroid dienone is 2. The molecule has 0 aromatic heterocycles. The van der Waals surface area contributed by atoms with Crippen molar-refractivity contribution in [1.82, 2.24) is 5.01 Å². The fourth-order valence-corrected chi connectivity index (χ4v) is 5.11. The molecule has 1 heterocycles. The maximum absolute atomic E-state index is 13.5. The molecule has 1 saturated heterocycles. The number of hydrogen-bond acceptors (Lipinski definition) is 6. The maximum atomic E-state index is 13.5. The van der Waals surface area contributed by atoms with Gasteiger partial charge in [0.2, 0.25) is 5.75 Å². The predicted molar refractivity (Wildman–Crippen MR) is 116 cm³/mol. The van der Waals surface area contributed by atoms with Gasteiger partial charge in [-0.3, -0.25) is 19.7 Å². The van der Waals surface area contributed by atoms with Gasteiger partial charge in [-0.1, -0.05) is 35.9 Å². The lowest BCUT2D eigenvalue weighted by Gasteiger charge is -2.13. The van der Waals surface area contributed by atoms with Crippen molar-refractivity contribution in [2.45, 2.75) is 13.0 Å². The fraction of sp³-hybridized carbons (Fsp3) is 0.261. The van der Waals surface area contributed by atoms with Gasteiger partial charge >= 0.3 is 5.69 Å². The number of nitrogens with zero attached hydrogens (tertiary/aromatic N) is 3. The molecule has 0 radical (unpaired) electrons. The molecule has 0 N–H and O–H groups in total. The average Bonchev–Trinajstić information content (AvgIpc) is 3.45. The van der Waals surface area contributed by atoms with Crippen LogP contribution in [-0.4, -0.2) is 28.0 Å². The molecular weight excluding hydrogens is 453 g/mol. The highest BCUT2D eigenvalue weighted by Gasteiger charge is 2.59. The Morgan fingerprint density at radius 3 is 2.52 bits per heavy atom. The third kappa shape index (κ3) is 3.68. The smallest absolute Gasteiger partial charge is 0.313 e. The number of benzene rings is 2. The third-order valence-electron chi connectivity index (χ3n) is 6.29. The molecule has 4 atom stereocenters. The first-order valence-corrected chi connectivity index (χ1v) is 10.7. The zero-order valence-electron chi connectivity index (χ0n) is 17.1. The van der Waals surface area contributed by atoms with E-state index in [-0.39, 0.29) is 46.6 Å².